The van der Waals surface area contributed by atoms with Gasteiger partial charge in [-0.2, -0.15) is 0 Å². The first-order valence-electron chi connectivity index (χ1n) is 4.44. The normalized spacial score (nSPS) is 11.8. The van der Waals surface area contributed by atoms with Gasteiger partial charge in [-0.1, -0.05) is 37.6 Å². The summed E-state index contributed by atoms with van der Waals surface area (Å²) in [5, 5.41) is 0.819. The van der Waals surface area contributed by atoms with Crippen LogP contribution in [0.15, 0.2) is 18.2 Å². The molecule has 2 heteroatoms. The van der Waals surface area contributed by atoms with Crippen molar-refractivity contribution in [3.8, 4) is 0 Å². The number of rotatable bonds is 2. The van der Waals surface area contributed by atoms with Gasteiger partial charge in [-0.25, -0.2) is 0 Å². The van der Waals surface area contributed by atoms with Crippen LogP contribution in [0.25, 0.3) is 0 Å². The lowest BCUT2D eigenvalue weighted by molar-refractivity contribution is 0.536. The molecule has 0 heterocycles. The summed E-state index contributed by atoms with van der Waals surface area (Å²) in [6.07, 6.45) is 0. The molecule has 0 aromatic heterocycles. The highest BCUT2D eigenvalue weighted by molar-refractivity contribution is 6.31. The second kappa shape index (κ2) is 3.69. The maximum Gasteiger partial charge on any atom is 0.0438 e. The molecule has 1 aromatic carbocycles. The molecule has 2 N–H and O–H groups in total. The van der Waals surface area contributed by atoms with E-state index in [2.05, 4.69) is 19.9 Å². The lowest BCUT2D eigenvalue weighted by atomic mass is 9.82. The van der Waals surface area contributed by atoms with Gasteiger partial charge >= 0.3 is 0 Å². The van der Waals surface area contributed by atoms with Gasteiger partial charge in [-0.15, -0.1) is 0 Å². The van der Waals surface area contributed by atoms with E-state index in [0.717, 1.165) is 10.6 Å². The Hall–Kier alpha value is -0.530. The van der Waals surface area contributed by atoms with E-state index in [-0.39, 0.29) is 5.41 Å². The maximum atomic E-state index is 6.04. The van der Waals surface area contributed by atoms with Gasteiger partial charge in [-0.3, -0.25) is 0 Å². The van der Waals surface area contributed by atoms with Gasteiger partial charge in [0.25, 0.3) is 0 Å². The molecule has 0 atom stereocenters. The van der Waals surface area contributed by atoms with Crippen molar-refractivity contribution in [2.75, 3.05) is 6.54 Å². The molecule has 0 aliphatic carbocycles. The van der Waals surface area contributed by atoms with Gasteiger partial charge in [-0.05, 0) is 24.1 Å². The van der Waals surface area contributed by atoms with Crippen LogP contribution < -0.4 is 5.73 Å². The molecule has 1 rings (SSSR count). The van der Waals surface area contributed by atoms with Crippen molar-refractivity contribution in [1.82, 2.24) is 0 Å². The Morgan fingerprint density at radius 1 is 1.38 bits per heavy atom. The van der Waals surface area contributed by atoms with Crippen LogP contribution in [0.1, 0.15) is 25.0 Å². The average molecular weight is 198 g/mol. The average Bonchev–Trinajstić information content (AvgIpc) is 2.09. The van der Waals surface area contributed by atoms with Crippen molar-refractivity contribution in [2.45, 2.75) is 26.2 Å². The lowest BCUT2D eigenvalue weighted by Gasteiger charge is -2.25. The minimum atomic E-state index is 0.00891. The standard InChI is InChI=1S/C11H16ClN/c1-8-9(11(2,3)7-13)5-4-6-10(8)12/h4-6H,7,13H2,1-3H3. The van der Waals surface area contributed by atoms with E-state index in [1.54, 1.807) is 0 Å². The topological polar surface area (TPSA) is 26.0 Å². The molecule has 1 aromatic rings. The fourth-order valence-electron chi connectivity index (χ4n) is 1.45. The molecule has 0 amide bonds. The summed E-state index contributed by atoms with van der Waals surface area (Å²) in [5.41, 5.74) is 8.10. The van der Waals surface area contributed by atoms with E-state index in [4.69, 9.17) is 17.3 Å². The van der Waals surface area contributed by atoms with E-state index in [9.17, 15) is 0 Å². The molecular formula is C11H16ClN. The molecule has 0 spiro atoms. The van der Waals surface area contributed by atoms with Gasteiger partial charge in [0.2, 0.25) is 0 Å². The third-order valence-electron chi connectivity index (χ3n) is 2.51. The smallest absolute Gasteiger partial charge is 0.0438 e. The minimum absolute atomic E-state index is 0.00891. The zero-order valence-electron chi connectivity index (χ0n) is 8.39. The Morgan fingerprint density at radius 3 is 2.54 bits per heavy atom. The maximum absolute atomic E-state index is 6.04. The van der Waals surface area contributed by atoms with Crippen molar-refractivity contribution in [1.29, 1.82) is 0 Å². The van der Waals surface area contributed by atoms with Crippen LogP contribution in [-0.4, -0.2) is 6.54 Å². The number of hydrogen-bond acceptors (Lipinski definition) is 1. The molecule has 0 aliphatic rings. The van der Waals surface area contributed by atoms with E-state index >= 15 is 0 Å². The van der Waals surface area contributed by atoms with Crippen molar-refractivity contribution >= 4 is 11.6 Å². The molecule has 1 nitrogen and oxygen atoms in total. The van der Waals surface area contributed by atoms with Crippen LogP contribution in [0.5, 0.6) is 0 Å². The highest BCUT2D eigenvalue weighted by Gasteiger charge is 2.20. The van der Waals surface area contributed by atoms with Gasteiger partial charge in [0, 0.05) is 17.0 Å². The van der Waals surface area contributed by atoms with Crippen LogP contribution in [0.4, 0.5) is 0 Å². The van der Waals surface area contributed by atoms with Gasteiger partial charge in [0.1, 0.15) is 0 Å². The van der Waals surface area contributed by atoms with Gasteiger partial charge in [0.15, 0.2) is 0 Å². The zero-order valence-corrected chi connectivity index (χ0v) is 9.15. The molecular weight excluding hydrogens is 182 g/mol. The Bertz CT molecular complexity index is 305. The molecule has 72 valence electrons. The first kappa shape index (κ1) is 10.6. The zero-order chi connectivity index (χ0) is 10.1. The largest absolute Gasteiger partial charge is 0.330 e. The van der Waals surface area contributed by atoms with Gasteiger partial charge in [0.05, 0.1) is 0 Å². The van der Waals surface area contributed by atoms with Crippen molar-refractivity contribution in [2.24, 2.45) is 5.73 Å². The highest BCUT2D eigenvalue weighted by Crippen LogP contribution is 2.28. The van der Waals surface area contributed by atoms with Crippen molar-refractivity contribution < 1.29 is 0 Å². The monoisotopic (exact) mass is 197 g/mol. The quantitative estimate of drug-likeness (QED) is 0.776. The summed E-state index contributed by atoms with van der Waals surface area (Å²) in [6.45, 7) is 6.93. The summed E-state index contributed by atoms with van der Waals surface area (Å²) in [4.78, 5) is 0. The Balaban J connectivity index is 3.22. The first-order chi connectivity index (χ1) is 5.99. The predicted octanol–water partition coefficient (Wildman–Crippen LogP) is 2.88. The number of benzene rings is 1. The third-order valence-corrected chi connectivity index (χ3v) is 2.92. The highest BCUT2D eigenvalue weighted by atomic mass is 35.5. The minimum Gasteiger partial charge on any atom is -0.330 e. The summed E-state index contributed by atoms with van der Waals surface area (Å²) < 4.78 is 0. The van der Waals surface area contributed by atoms with E-state index in [1.807, 2.05) is 19.1 Å². The summed E-state index contributed by atoms with van der Waals surface area (Å²) in [6, 6.07) is 5.98. The number of halogens is 1. The molecule has 0 unspecified atom stereocenters. The number of nitrogens with two attached hydrogens (primary N) is 1. The lowest BCUT2D eigenvalue weighted by Crippen LogP contribution is -2.28. The summed E-state index contributed by atoms with van der Waals surface area (Å²) >= 11 is 6.04. The second-order valence-electron chi connectivity index (χ2n) is 4.00. The molecule has 0 saturated carbocycles. The molecule has 0 aliphatic heterocycles. The SMILES string of the molecule is Cc1c(Cl)cccc1C(C)(C)CN. The first-order valence-corrected chi connectivity index (χ1v) is 4.82. The Morgan fingerprint density at radius 2 is 2.00 bits per heavy atom. The van der Waals surface area contributed by atoms with Crippen LogP contribution >= 0.6 is 11.6 Å². The molecule has 0 radical (unpaired) electrons. The molecule has 0 fully saturated rings. The fourth-order valence-corrected chi connectivity index (χ4v) is 1.63. The third kappa shape index (κ3) is 2.04. The fraction of sp³-hybridized carbons (Fsp3) is 0.455. The predicted molar refractivity (Wildman–Crippen MR) is 58.3 cm³/mol. The van der Waals surface area contributed by atoms with Crippen LogP contribution in [-0.2, 0) is 5.41 Å². The molecule has 0 bridgehead atoms. The van der Waals surface area contributed by atoms with E-state index in [0.29, 0.717) is 6.54 Å². The second-order valence-corrected chi connectivity index (χ2v) is 4.41. The summed E-state index contributed by atoms with van der Waals surface area (Å²) in [5.74, 6) is 0. The van der Waals surface area contributed by atoms with Crippen molar-refractivity contribution in [3.05, 3.63) is 34.3 Å². The van der Waals surface area contributed by atoms with E-state index < -0.39 is 0 Å². The summed E-state index contributed by atoms with van der Waals surface area (Å²) in [7, 11) is 0. The van der Waals surface area contributed by atoms with Crippen LogP contribution in [0, 0.1) is 6.92 Å². The molecule has 13 heavy (non-hydrogen) atoms. The van der Waals surface area contributed by atoms with Crippen LogP contribution in [0.3, 0.4) is 0 Å². The Kier molecular flexibility index (Phi) is 2.99. The Labute approximate surface area is 84.9 Å². The van der Waals surface area contributed by atoms with Gasteiger partial charge < -0.3 is 5.73 Å². The number of hydrogen-bond donors (Lipinski definition) is 1. The van der Waals surface area contributed by atoms with E-state index in [1.165, 1.54) is 5.56 Å². The molecule has 0 saturated heterocycles. The van der Waals surface area contributed by atoms with Crippen LogP contribution in [0.2, 0.25) is 5.02 Å². The van der Waals surface area contributed by atoms with Crippen molar-refractivity contribution in [3.63, 3.8) is 0 Å².